The lowest BCUT2D eigenvalue weighted by Crippen LogP contribution is -2.10. The molecule has 1 aliphatic carbocycles. The van der Waals surface area contributed by atoms with Gasteiger partial charge in [0.2, 0.25) is 0 Å². The van der Waals surface area contributed by atoms with Crippen molar-refractivity contribution in [2.45, 2.75) is 25.2 Å². The second-order valence-corrected chi connectivity index (χ2v) is 3.89. The van der Waals surface area contributed by atoms with Crippen LogP contribution >= 0.6 is 0 Å². The maximum absolute atomic E-state index is 9.20. The average Bonchev–Trinajstić information content (AvgIpc) is 2.67. The van der Waals surface area contributed by atoms with Crippen molar-refractivity contribution in [3.8, 4) is 0 Å². The van der Waals surface area contributed by atoms with Crippen molar-refractivity contribution in [3.63, 3.8) is 0 Å². The Morgan fingerprint density at radius 3 is 2.62 bits per heavy atom. The largest absolute Gasteiger partial charge is 0.396 e. The van der Waals surface area contributed by atoms with Gasteiger partial charge in [0.25, 0.3) is 0 Å². The Morgan fingerprint density at radius 1 is 1.15 bits per heavy atom. The molecular weight excluding hydrogens is 160 g/mol. The van der Waals surface area contributed by atoms with Crippen molar-refractivity contribution in [3.05, 3.63) is 35.9 Å². The highest BCUT2D eigenvalue weighted by atomic mass is 16.3. The van der Waals surface area contributed by atoms with Gasteiger partial charge in [-0.1, -0.05) is 36.8 Å². The van der Waals surface area contributed by atoms with Gasteiger partial charge in [0.1, 0.15) is 0 Å². The monoisotopic (exact) mass is 176 g/mol. The van der Waals surface area contributed by atoms with E-state index in [1.807, 2.05) is 6.07 Å². The lowest BCUT2D eigenvalue weighted by Gasteiger charge is -2.17. The average molecular weight is 176 g/mol. The Hall–Kier alpha value is -0.820. The van der Waals surface area contributed by atoms with Gasteiger partial charge in [0.15, 0.2) is 0 Å². The number of aliphatic hydroxyl groups excluding tert-OH is 1. The first-order valence-electron chi connectivity index (χ1n) is 5.07. The molecule has 1 aromatic carbocycles. The summed E-state index contributed by atoms with van der Waals surface area (Å²) >= 11 is 0. The summed E-state index contributed by atoms with van der Waals surface area (Å²) in [7, 11) is 0. The van der Waals surface area contributed by atoms with Gasteiger partial charge in [-0.3, -0.25) is 0 Å². The van der Waals surface area contributed by atoms with E-state index in [0.717, 1.165) is 0 Å². The molecule has 0 aliphatic heterocycles. The number of benzene rings is 1. The number of hydrogen-bond donors (Lipinski definition) is 1. The zero-order chi connectivity index (χ0) is 9.10. The van der Waals surface area contributed by atoms with Crippen LogP contribution in [0.4, 0.5) is 0 Å². The van der Waals surface area contributed by atoms with Crippen molar-refractivity contribution < 1.29 is 5.11 Å². The van der Waals surface area contributed by atoms with E-state index in [9.17, 15) is 5.11 Å². The summed E-state index contributed by atoms with van der Waals surface area (Å²) in [5, 5.41) is 9.20. The zero-order valence-electron chi connectivity index (χ0n) is 7.82. The minimum atomic E-state index is 0.347. The smallest absolute Gasteiger partial charge is 0.0465 e. The molecule has 70 valence electrons. The van der Waals surface area contributed by atoms with E-state index in [-0.39, 0.29) is 0 Å². The molecule has 1 N–H and O–H groups in total. The highest BCUT2D eigenvalue weighted by molar-refractivity contribution is 5.21. The SMILES string of the molecule is OC[C@@H]1CCC[C@@H]1c1ccccc1. The van der Waals surface area contributed by atoms with E-state index in [0.29, 0.717) is 18.4 Å². The van der Waals surface area contributed by atoms with Gasteiger partial charge in [-0.2, -0.15) is 0 Å². The summed E-state index contributed by atoms with van der Waals surface area (Å²) in [4.78, 5) is 0. The topological polar surface area (TPSA) is 20.2 Å². The van der Waals surface area contributed by atoms with Gasteiger partial charge in [-0.25, -0.2) is 0 Å². The molecular formula is C12H16O. The molecule has 1 nitrogen and oxygen atoms in total. The van der Waals surface area contributed by atoms with Gasteiger partial charge >= 0.3 is 0 Å². The first-order valence-corrected chi connectivity index (χ1v) is 5.07. The van der Waals surface area contributed by atoms with E-state index in [2.05, 4.69) is 24.3 Å². The maximum atomic E-state index is 9.20. The number of hydrogen-bond acceptors (Lipinski definition) is 1. The zero-order valence-corrected chi connectivity index (χ0v) is 7.82. The van der Waals surface area contributed by atoms with Gasteiger partial charge in [0, 0.05) is 6.61 Å². The Kier molecular flexibility index (Phi) is 2.65. The summed E-state index contributed by atoms with van der Waals surface area (Å²) in [6.07, 6.45) is 3.70. The molecule has 13 heavy (non-hydrogen) atoms. The third kappa shape index (κ3) is 1.75. The summed E-state index contributed by atoms with van der Waals surface area (Å²) in [5.41, 5.74) is 1.40. The predicted octanol–water partition coefficient (Wildman–Crippen LogP) is 2.56. The van der Waals surface area contributed by atoms with Crippen molar-refractivity contribution in [2.24, 2.45) is 5.92 Å². The highest BCUT2D eigenvalue weighted by Gasteiger charge is 2.27. The van der Waals surface area contributed by atoms with E-state index in [1.54, 1.807) is 0 Å². The molecule has 0 radical (unpaired) electrons. The van der Waals surface area contributed by atoms with E-state index in [4.69, 9.17) is 0 Å². The molecule has 0 amide bonds. The molecule has 1 saturated carbocycles. The normalized spacial score (nSPS) is 27.8. The Labute approximate surface area is 79.4 Å². The quantitative estimate of drug-likeness (QED) is 0.734. The van der Waals surface area contributed by atoms with Crippen LogP contribution in [0, 0.1) is 5.92 Å². The molecule has 0 spiro atoms. The van der Waals surface area contributed by atoms with Crippen LogP contribution in [0.15, 0.2) is 30.3 Å². The summed E-state index contributed by atoms with van der Waals surface area (Å²) in [5.74, 6) is 1.11. The lowest BCUT2D eigenvalue weighted by molar-refractivity contribution is 0.217. The maximum Gasteiger partial charge on any atom is 0.0465 e. The standard InChI is InChI=1S/C12H16O/c13-9-11-7-4-8-12(11)10-5-2-1-3-6-10/h1-3,5-6,11-13H,4,7-9H2/t11-,12+/m0/s1. The van der Waals surface area contributed by atoms with Crippen molar-refractivity contribution >= 4 is 0 Å². The minimum Gasteiger partial charge on any atom is -0.396 e. The molecule has 0 unspecified atom stereocenters. The van der Waals surface area contributed by atoms with E-state index in [1.165, 1.54) is 24.8 Å². The fourth-order valence-corrected chi connectivity index (χ4v) is 2.39. The second kappa shape index (κ2) is 3.93. The second-order valence-electron chi connectivity index (χ2n) is 3.89. The van der Waals surface area contributed by atoms with E-state index < -0.39 is 0 Å². The molecule has 2 atom stereocenters. The molecule has 1 aliphatic rings. The van der Waals surface area contributed by atoms with Gasteiger partial charge < -0.3 is 5.11 Å². The molecule has 0 bridgehead atoms. The fraction of sp³-hybridized carbons (Fsp3) is 0.500. The van der Waals surface area contributed by atoms with Crippen LogP contribution < -0.4 is 0 Å². The van der Waals surface area contributed by atoms with Gasteiger partial charge in [-0.15, -0.1) is 0 Å². The molecule has 0 aromatic heterocycles. The third-order valence-electron chi connectivity index (χ3n) is 3.12. The Morgan fingerprint density at radius 2 is 1.92 bits per heavy atom. The molecule has 1 aromatic rings. The third-order valence-corrected chi connectivity index (χ3v) is 3.12. The number of aliphatic hydroxyl groups is 1. The van der Waals surface area contributed by atoms with Crippen LogP contribution in [0.25, 0.3) is 0 Å². The Balaban J connectivity index is 2.16. The molecule has 1 heteroatoms. The first-order chi connectivity index (χ1) is 6.42. The fourth-order valence-electron chi connectivity index (χ4n) is 2.39. The van der Waals surface area contributed by atoms with Crippen LogP contribution in [-0.2, 0) is 0 Å². The van der Waals surface area contributed by atoms with E-state index >= 15 is 0 Å². The molecule has 0 heterocycles. The Bertz CT molecular complexity index is 255. The van der Waals surface area contributed by atoms with Crippen LogP contribution in [0.5, 0.6) is 0 Å². The van der Waals surface area contributed by atoms with Crippen LogP contribution in [-0.4, -0.2) is 11.7 Å². The summed E-state index contributed by atoms with van der Waals surface area (Å²) in [6.45, 7) is 0.347. The van der Waals surface area contributed by atoms with Crippen molar-refractivity contribution in [2.75, 3.05) is 6.61 Å². The van der Waals surface area contributed by atoms with Gasteiger partial charge in [0.05, 0.1) is 0 Å². The minimum absolute atomic E-state index is 0.347. The summed E-state index contributed by atoms with van der Waals surface area (Å²) < 4.78 is 0. The van der Waals surface area contributed by atoms with Crippen molar-refractivity contribution in [1.29, 1.82) is 0 Å². The summed E-state index contributed by atoms with van der Waals surface area (Å²) in [6, 6.07) is 10.6. The highest BCUT2D eigenvalue weighted by Crippen LogP contribution is 2.38. The van der Waals surface area contributed by atoms with Crippen molar-refractivity contribution in [1.82, 2.24) is 0 Å². The first kappa shape index (κ1) is 8.76. The lowest BCUT2D eigenvalue weighted by atomic mass is 9.90. The van der Waals surface area contributed by atoms with Crippen LogP contribution in [0.1, 0.15) is 30.7 Å². The molecule has 1 fully saturated rings. The molecule has 0 saturated heterocycles. The predicted molar refractivity (Wildman–Crippen MR) is 53.6 cm³/mol. The van der Waals surface area contributed by atoms with Gasteiger partial charge in [-0.05, 0) is 30.2 Å². The van der Waals surface area contributed by atoms with Crippen LogP contribution in [0.2, 0.25) is 0 Å². The van der Waals surface area contributed by atoms with Crippen LogP contribution in [0.3, 0.4) is 0 Å². The number of rotatable bonds is 2. The molecule has 2 rings (SSSR count).